The van der Waals surface area contributed by atoms with Crippen LogP contribution in [0.15, 0.2) is 29.4 Å². The molecule has 2 heterocycles. The molecule has 0 N–H and O–H groups in total. The molecule has 3 rings (SSSR count). The number of aromatic nitrogens is 4. The second kappa shape index (κ2) is 6.01. The van der Waals surface area contributed by atoms with Gasteiger partial charge in [0.15, 0.2) is 0 Å². The summed E-state index contributed by atoms with van der Waals surface area (Å²) < 4.78 is 33.8. The first-order chi connectivity index (χ1) is 10.6. The van der Waals surface area contributed by atoms with Crippen molar-refractivity contribution in [3.8, 4) is 11.4 Å². The van der Waals surface area contributed by atoms with Gasteiger partial charge in [-0.15, -0.1) is 5.10 Å². The molecule has 8 nitrogen and oxygen atoms in total. The van der Waals surface area contributed by atoms with E-state index in [9.17, 15) is 8.42 Å². The quantitative estimate of drug-likeness (QED) is 0.828. The third kappa shape index (κ3) is 2.69. The highest BCUT2D eigenvalue weighted by molar-refractivity contribution is 7.89. The van der Waals surface area contributed by atoms with Crippen molar-refractivity contribution in [2.24, 2.45) is 0 Å². The highest BCUT2D eigenvalue weighted by atomic mass is 32.2. The molecule has 0 radical (unpaired) electrons. The van der Waals surface area contributed by atoms with Gasteiger partial charge in [0.1, 0.15) is 17.0 Å². The first kappa shape index (κ1) is 14.9. The maximum absolute atomic E-state index is 12.8. The van der Waals surface area contributed by atoms with Gasteiger partial charge in [-0.25, -0.2) is 13.1 Å². The predicted octanol–water partition coefficient (Wildman–Crippen LogP) is 0.845. The number of hydrogen-bond acceptors (Lipinski definition) is 6. The number of tetrazole rings is 1. The summed E-state index contributed by atoms with van der Waals surface area (Å²) in [5, 5.41) is 10.9. The summed E-state index contributed by atoms with van der Waals surface area (Å²) in [5.41, 5.74) is 0.638. The third-order valence-electron chi connectivity index (χ3n) is 3.69. The van der Waals surface area contributed by atoms with Crippen molar-refractivity contribution in [2.45, 2.75) is 24.2 Å². The summed E-state index contributed by atoms with van der Waals surface area (Å²) >= 11 is 0. The van der Waals surface area contributed by atoms with Crippen molar-refractivity contribution in [1.29, 1.82) is 0 Å². The molecule has 1 aliphatic rings. The van der Waals surface area contributed by atoms with Crippen molar-refractivity contribution in [3.63, 3.8) is 0 Å². The van der Waals surface area contributed by atoms with Gasteiger partial charge in [0.2, 0.25) is 10.0 Å². The molecule has 2 aromatic rings. The number of nitrogens with zero attached hydrogens (tertiary/aromatic N) is 5. The summed E-state index contributed by atoms with van der Waals surface area (Å²) in [6.45, 7) is 1.11. The Hall–Kier alpha value is -2.00. The number of ether oxygens (including phenoxy) is 1. The fraction of sp³-hybridized carbons (Fsp3) is 0.462. The topological polar surface area (TPSA) is 90.2 Å². The van der Waals surface area contributed by atoms with E-state index in [-0.39, 0.29) is 4.90 Å². The molecule has 22 heavy (non-hydrogen) atoms. The first-order valence-corrected chi connectivity index (χ1v) is 8.48. The summed E-state index contributed by atoms with van der Waals surface area (Å²) in [7, 11) is -2.09. The number of sulfonamides is 1. The number of hydrogen-bond donors (Lipinski definition) is 0. The van der Waals surface area contributed by atoms with Gasteiger partial charge in [0.05, 0.1) is 12.8 Å². The lowest BCUT2D eigenvalue weighted by Crippen LogP contribution is -2.35. The molecule has 0 unspecified atom stereocenters. The smallest absolute Gasteiger partial charge is 0.246 e. The van der Waals surface area contributed by atoms with Crippen LogP contribution >= 0.6 is 0 Å². The van der Waals surface area contributed by atoms with E-state index in [1.807, 2.05) is 0 Å². The van der Waals surface area contributed by atoms with Crippen molar-refractivity contribution >= 4 is 10.0 Å². The van der Waals surface area contributed by atoms with Crippen molar-refractivity contribution < 1.29 is 13.2 Å². The number of piperidine rings is 1. The molecule has 1 fully saturated rings. The molecule has 118 valence electrons. The predicted molar refractivity (Wildman–Crippen MR) is 78.3 cm³/mol. The third-order valence-corrected chi connectivity index (χ3v) is 5.63. The molecule has 9 heteroatoms. The lowest BCUT2D eigenvalue weighted by atomic mass is 10.2. The van der Waals surface area contributed by atoms with E-state index in [2.05, 4.69) is 15.5 Å². The van der Waals surface area contributed by atoms with Gasteiger partial charge in [-0.3, -0.25) is 0 Å². The molecule has 0 spiro atoms. The van der Waals surface area contributed by atoms with E-state index in [4.69, 9.17) is 4.74 Å². The molecular formula is C13H17N5O3S. The average molecular weight is 323 g/mol. The summed E-state index contributed by atoms with van der Waals surface area (Å²) in [5.74, 6) is 0.290. The SMILES string of the molecule is COc1cc(-n2cnnn2)ccc1S(=O)(=O)N1CCCCC1. The Morgan fingerprint density at radius 1 is 1.18 bits per heavy atom. The Balaban J connectivity index is 1.99. The Morgan fingerprint density at radius 3 is 2.59 bits per heavy atom. The molecule has 1 saturated heterocycles. The monoisotopic (exact) mass is 323 g/mol. The second-order valence-electron chi connectivity index (χ2n) is 5.05. The van der Waals surface area contributed by atoms with Crippen LogP contribution < -0.4 is 4.74 Å². The zero-order chi connectivity index (χ0) is 15.6. The van der Waals surface area contributed by atoms with Crippen LogP contribution in [0, 0.1) is 0 Å². The van der Waals surface area contributed by atoms with E-state index in [1.54, 1.807) is 18.2 Å². The summed E-state index contributed by atoms with van der Waals surface area (Å²) in [6, 6.07) is 4.82. The summed E-state index contributed by atoms with van der Waals surface area (Å²) in [6.07, 6.45) is 4.30. The van der Waals surface area contributed by atoms with Gasteiger partial charge in [0.25, 0.3) is 0 Å². The normalized spacial score (nSPS) is 16.6. The second-order valence-corrected chi connectivity index (χ2v) is 6.96. The lowest BCUT2D eigenvalue weighted by molar-refractivity contribution is 0.342. The van der Waals surface area contributed by atoms with Crippen molar-refractivity contribution in [2.75, 3.05) is 20.2 Å². The van der Waals surface area contributed by atoms with Crippen LogP contribution in [-0.4, -0.2) is 53.1 Å². The van der Waals surface area contributed by atoms with Gasteiger partial charge in [0, 0.05) is 19.2 Å². The van der Waals surface area contributed by atoms with Gasteiger partial charge in [-0.1, -0.05) is 6.42 Å². The zero-order valence-corrected chi connectivity index (χ0v) is 13.0. The number of benzene rings is 1. The minimum Gasteiger partial charge on any atom is -0.495 e. The largest absolute Gasteiger partial charge is 0.495 e. The Bertz CT molecular complexity index is 739. The van der Waals surface area contributed by atoms with Gasteiger partial charge < -0.3 is 4.74 Å². The van der Waals surface area contributed by atoms with Gasteiger partial charge >= 0.3 is 0 Å². The van der Waals surface area contributed by atoms with Crippen LogP contribution in [0.2, 0.25) is 0 Å². The highest BCUT2D eigenvalue weighted by Crippen LogP contribution is 2.30. The first-order valence-electron chi connectivity index (χ1n) is 7.04. The van der Waals surface area contributed by atoms with Crippen LogP contribution in [-0.2, 0) is 10.0 Å². The molecule has 0 aliphatic carbocycles. The molecule has 1 aromatic carbocycles. The number of rotatable bonds is 4. The molecule has 0 saturated carbocycles. The van der Waals surface area contributed by atoms with Crippen molar-refractivity contribution in [1.82, 2.24) is 24.5 Å². The minimum atomic E-state index is -3.54. The maximum Gasteiger partial charge on any atom is 0.246 e. The lowest BCUT2D eigenvalue weighted by Gasteiger charge is -2.26. The molecule has 0 bridgehead atoms. The van der Waals surface area contributed by atoms with Crippen LogP contribution in [0.3, 0.4) is 0 Å². The zero-order valence-electron chi connectivity index (χ0n) is 12.2. The number of methoxy groups -OCH3 is 1. The summed E-state index contributed by atoms with van der Waals surface area (Å²) in [4.78, 5) is 0.175. The maximum atomic E-state index is 12.8. The van der Waals surface area contributed by atoms with Crippen LogP contribution in [0.25, 0.3) is 5.69 Å². The van der Waals surface area contributed by atoms with Crippen molar-refractivity contribution in [3.05, 3.63) is 24.5 Å². The molecule has 0 amide bonds. The Kier molecular flexibility index (Phi) is 4.08. The minimum absolute atomic E-state index is 0.175. The Morgan fingerprint density at radius 2 is 1.95 bits per heavy atom. The average Bonchev–Trinajstić information content (AvgIpc) is 3.09. The van der Waals surface area contributed by atoms with E-state index < -0.39 is 10.0 Å². The fourth-order valence-electron chi connectivity index (χ4n) is 2.54. The molecule has 0 atom stereocenters. The fourth-order valence-corrected chi connectivity index (χ4v) is 4.19. The van der Waals surface area contributed by atoms with Gasteiger partial charge in [-0.05, 0) is 35.4 Å². The van der Waals surface area contributed by atoms with E-state index in [0.29, 0.717) is 24.5 Å². The Labute approximate surface area is 128 Å². The highest BCUT2D eigenvalue weighted by Gasteiger charge is 2.29. The molecule has 1 aliphatic heterocycles. The van der Waals surface area contributed by atoms with Crippen LogP contribution in [0.5, 0.6) is 5.75 Å². The van der Waals surface area contributed by atoms with E-state index in [1.165, 1.54) is 22.4 Å². The van der Waals surface area contributed by atoms with Crippen LogP contribution in [0.4, 0.5) is 0 Å². The molecule has 1 aromatic heterocycles. The van der Waals surface area contributed by atoms with Gasteiger partial charge in [-0.2, -0.15) is 4.31 Å². The van der Waals surface area contributed by atoms with E-state index in [0.717, 1.165) is 19.3 Å². The van der Waals surface area contributed by atoms with Crippen LogP contribution in [0.1, 0.15) is 19.3 Å². The molecular weight excluding hydrogens is 306 g/mol. The standard InChI is InChI=1S/C13H17N5O3S/c1-21-12-9-11(18-10-14-15-16-18)5-6-13(12)22(19,20)17-7-3-2-4-8-17/h5-6,9-10H,2-4,7-8H2,1H3. The van der Waals surface area contributed by atoms with E-state index >= 15 is 0 Å².